The molecule has 3 heteroatoms. The Bertz CT molecular complexity index is 939. The normalized spacial score (nSPS) is 10.7. The molecule has 0 N–H and O–H groups in total. The summed E-state index contributed by atoms with van der Waals surface area (Å²) < 4.78 is 5.38. The van der Waals surface area contributed by atoms with Crippen molar-refractivity contribution in [3.63, 3.8) is 0 Å². The Balaban J connectivity index is 1.67. The number of ketones is 1. The van der Waals surface area contributed by atoms with Crippen LogP contribution < -0.4 is 4.74 Å². The molecule has 0 spiro atoms. The second-order valence-corrected chi connectivity index (χ2v) is 5.84. The van der Waals surface area contributed by atoms with Crippen molar-refractivity contribution in [2.45, 2.75) is 6.92 Å². The first-order valence-electron chi connectivity index (χ1n) is 8.29. The summed E-state index contributed by atoms with van der Waals surface area (Å²) in [5.41, 5.74) is 2.88. The molecule has 0 amide bonds. The molecule has 3 nitrogen and oxygen atoms in total. The first-order chi connectivity index (χ1) is 12.6. The molecule has 0 fully saturated rings. The monoisotopic (exact) mass is 342 g/mol. The Hall–Kier alpha value is -3.46. The molecule has 26 heavy (non-hydrogen) atoms. The zero-order chi connectivity index (χ0) is 18.4. The maximum atomic E-state index is 12.2. The number of aryl methyl sites for hydroxylation is 1. The number of carbonyl (C=O) groups excluding carboxylic acids is 2. The van der Waals surface area contributed by atoms with Gasteiger partial charge in [-0.3, -0.25) is 4.79 Å². The van der Waals surface area contributed by atoms with E-state index in [2.05, 4.69) is 0 Å². The lowest BCUT2D eigenvalue weighted by Gasteiger charge is -2.07. The van der Waals surface area contributed by atoms with Crippen LogP contribution in [0.1, 0.15) is 31.8 Å². The van der Waals surface area contributed by atoms with E-state index in [0.29, 0.717) is 16.9 Å². The van der Waals surface area contributed by atoms with Crippen LogP contribution in [0.5, 0.6) is 5.75 Å². The molecule has 0 saturated carbocycles. The van der Waals surface area contributed by atoms with Crippen molar-refractivity contribution in [3.05, 3.63) is 107 Å². The highest BCUT2D eigenvalue weighted by Gasteiger charge is 2.11. The Kier molecular flexibility index (Phi) is 5.40. The number of carbonyl (C=O) groups is 2. The van der Waals surface area contributed by atoms with E-state index < -0.39 is 5.97 Å². The molecule has 0 atom stereocenters. The molecule has 3 aromatic carbocycles. The predicted octanol–water partition coefficient (Wildman–Crippen LogP) is 5.11. The Morgan fingerprint density at radius 2 is 1.46 bits per heavy atom. The van der Waals surface area contributed by atoms with Crippen molar-refractivity contribution in [1.29, 1.82) is 0 Å². The zero-order valence-corrected chi connectivity index (χ0v) is 14.4. The van der Waals surface area contributed by atoms with Gasteiger partial charge in [0.05, 0.1) is 5.56 Å². The summed E-state index contributed by atoms with van der Waals surface area (Å²) in [5.74, 6) is -0.112. The van der Waals surface area contributed by atoms with Crippen molar-refractivity contribution in [1.82, 2.24) is 0 Å². The van der Waals surface area contributed by atoms with Gasteiger partial charge in [0, 0.05) is 5.56 Å². The van der Waals surface area contributed by atoms with Crippen LogP contribution in [0.15, 0.2) is 84.9 Å². The summed E-state index contributed by atoms with van der Waals surface area (Å²) in [6.45, 7) is 1.86. The van der Waals surface area contributed by atoms with Crippen LogP contribution >= 0.6 is 0 Å². The number of allylic oxidation sites excluding steroid dienone is 1. The van der Waals surface area contributed by atoms with Gasteiger partial charge in [0.2, 0.25) is 0 Å². The molecule has 0 unspecified atom stereocenters. The molecule has 128 valence electrons. The van der Waals surface area contributed by atoms with Crippen LogP contribution in [0.4, 0.5) is 0 Å². The highest BCUT2D eigenvalue weighted by atomic mass is 16.5. The fourth-order valence-corrected chi connectivity index (χ4v) is 2.48. The van der Waals surface area contributed by atoms with Crippen molar-refractivity contribution in [2.75, 3.05) is 0 Å². The van der Waals surface area contributed by atoms with E-state index in [4.69, 9.17) is 4.74 Å². The van der Waals surface area contributed by atoms with E-state index in [-0.39, 0.29) is 5.78 Å². The van der Waals surface area contributed by atoms with Gasteiger partial charge < -0.3 is 4.74 Å². The Labute approximate surface area is 152 Å². The number of rotatable bonds is 5. The third-order valence-corrected chi connectivity index (χ3v) is 3.94. The smallest absolute Gasteiger partial charge is 0.343 e. The summed E-state index contributed by atoms with van der Waals surface area (Å²) in [5, 5.41) is 0. The summed E-state index contributed by atoms with van der Waals surface area (Å²) in [7, 11) is 0. The Morgan fingerprint density at radius 1 is 0.808 bits per heavy atom. The van der Waals surface area contributed by atoms with E-state index >= 15 is 0 Å². The minimum Gasteiger partial charge on any atom is -0.423 e. The van der Waals surface area contributed by atoms with Crippen molar-refractivity contribution in [2.24, 2.45) is 0 Å². The molecule has 3 rings (SSSR count). The van der Waals surface area contributed by atoms with Crippen molar-refractivity contribution >= 4 is 17.8 Å². The number of hydrogen-bond donors (Lipinski definition) is 0. The summed E-state index contributed by atoms with van der Waals surface area (Å²) in [6, 6.07) is 23.4. The van der Waals surface area contributed by atoms with E-state index in [9.17, 15) is 9.59 Å². The average molecular weight is 342 g/mol. The quantitative estimate of drug-likeness (QED) is 0.280. The zero-order valence-electron chi connectivity index (χ0n) is 14.4. The number of hydrogen-bond acceptors (Lipinski definition) is 3. The van der Waals surface area contributed by atoms with Gasteiger partial charge in [-0.2, -0.15) is 0 Å². The lowest BCUT2D eigenvalue weighted by molar-refractivity contribution is 0.0734. The standard InChI is InChI=1S/C23H18O3/c1-17-7-5-6-10-21(17)23(25)26-20-14-12-19(13-15-20)22(24)16-11-18-8-3-2-4-9-18/h2-16H,1H3/b16-11+. The number of esters is 1. The third kappa shape index (κ3) is 4.33. The molecular formula is C23H18O3. The van der Waals surface area contributed by atoms with Crippen LogP contribution in [-0.4, -0.2) is 11.8 Å². The average Bonchev–Trinajstić information content (AvgIpc) is 2.68. The highest BCUT2D eigenvalue weighted by molar-refractivity contribution is 6.06. The van der Waals surface area contributed by atoms with Crippen LogP contribution in [0.2, 0.25) is 0 Å². The van der Waals surface area contributed by atoms with Gasteiger partial charge in [0.1, 0.15) is 5.75 Å². The van der Waals surface area contributed by atoms with E-state index in [1.54, 1.807) is 42.5 Å². The van der Waals surface area contributed by atoms with Crippen molar-refractivity contribution < 1.29 is 14.3 Å². The number of benzene rings is 3. The second-order valence-electron chi connectivity index (χ2n) is 5.84. The topological polar surface area (TPSA) is 43.4 Å². The van der Waals surface area contributed by atoms with Gasteiger partial charge in [-0.1, -0.05) is 54.6 Å². The third-order valence-electron chi connectivity index (χ3n) is 3.94. The highest BCUT2D eigenvalue weighted by Crippen LogP contribution is 2.17. The molecule has 0 heterocycles. The minimum atomic E-state index is -0.411. The molecule has 3 aromatic rings. The molecule has 0 saturated heterocycles. The van der Waals surface area contributed by atoms with Gasteiger partial charge in [-0.25, -0.2) is 4.79 Å². The van der Waals surface area contributed by atoms with Crippen LogP contribution in [0.3, 0.4) is 0 Å². The minimum absolute atomic E-state index is 0.106. The first kappa shape index (κ1) is 17.4. The molecule has 0 aliphatic carbocycles. The van der Waals surface area contributed by atoms with E-state index in [0.717, 1.165) is 11.1 Å². The first-order valence-corrected chi connectivity index (χ1v) is 8.29. The van der Waals surface area contributed by atoms with Gasteiger partial charge in [0.25, 0.3) is 0 Å². The van der Waals surface area contributed by atoms with Gasteiger partial charge in [-0.05, 0) is 54.5 Å². The molecule has 0 radical (unpaired) electrons. The molecule has 0 aromatic heterocycles. The SMILES string of the molecule is Cc1ccccc1C(=O)Oc1ccc(C(=O)/C=C/c2ccccc2)cc1. The predicted molar refractivity (Wildman–Crippen MR) is 102 cm³/mol. The maximum Gasteiger partial charge on any atom is 0.343 e. The summed E-state index contributed by atoms with van der Waals surface area (Å²) in [4.78, 5) is 24.4. The summed E-state index contributed by atoms with van der Waals surface area (Å²) >= 11 is 0. The van der Waals surface area contributed by atoms with Crippen LogP contribution in [0, 0.1) is 6.92 Å². The van der Waals surface area contributed by atoms with Gasteiger partial charge in [0.15, 0.2) is 5.78 Å². The number of ether oxygens (including phenoxy) is 1. The van der Waals surface area contributed by atoms with Crippen molar-refractivity contribution in [3.8, 4) is 5.75 Å². The maximum absolute atomic E-state index is 12.2. The van der Waals surface area contributed by atoms with Gasteiger partial charge in [-0.15, -0.1) is 0 Å². The Morgan fingerprint density at radius 3 is 2.15 bits per heavy atom. The lowest BCUT2D eigenvalue weighted by Crippen LogP contribution is -2.10. The molecular weight excluding hydrogens is 324 g/mol. The fourth-order valence-electron chi connectivity index (χ4n) is 2.48. The molecule has 0 bridgehead atoms. The van der Waals surface area contributed by atoms with E-state index in [1.807, 2.05) is 49.4 Å². The largest absolute Gasteiger partial charge is 0.423 e. The fraction of sp³-hybridized carbons (Fsp3) is 0.0435. The lowest BCUT2D eigenvalue weighted by atomic mass is 10.1. The van der Waals surface area contributed by atoms with E-state index in [1.165, 1.54) is 6.08 Å². The second kappa shape index (κ2) is 8.08. The molecule has 0 aliphatic rings. The van der Waals surface area contributed by atoms with Crippen LogP contribution in [-0.2, 0) is 0 Å². The summed E-state index contributed by atoms with van der Waals surface area (Å²) in [6.07, 6.45) is 3.30. The molecule has 0 aliphatic heterocycles. The van der Waals surface area contributed by atoms with Crippen LogP contribution in [0.25, 0.3) is 6.08 Å². The van der Waals surface area contributed by atoms with Gasteiger partial charge >= 0.3 is 5.97 Å².